The fourth-order valence-electron chi connectivity index (χ4n) is 0.560. The van der Waals surface area contributed by atoms with Gasteiger partial charge in [0.15, 0.2) is 0 Å². The Kier molecular flexibility index (Phi) is 35.7. The van der Waals surface area contributed by atoms with Crippen LogP contribution in [-0.2, 0) is 14.4 Å². The number of aldehydes is 3. The molecule has 0 fully saturated rings. The largest absolute Gasteiger partial charge is 0.303 e. The highest BCUT2D eigenvalue weighted by molar-refractivity contribution is 5.65. The van der Waals surface area contributed by atoms with E-state index >= 15 is 0 Å². The molecule has 104 valence electrons. The molecule has 0 spiro atoms. The van der Waals surface area contributed by atoms with E-state index in [1.807, 2.05) is 32.9 Å². The van der Waals surface area contributed by atoms with Gasteiger partial charge in [0, 0.05) is 12.8 Å². The number of allylic oxidation sites excluding steroid dienone is 4. The predicted octanol–water partition coefficient (Wildman–Crippen LogP) is 3.68. The SMILES string of the molecule is CCC=CC=CC=O.CCCC=O.CCCC=O. The van der Waals surface area contributed by atoms with Crippen molar-refractivity contribution in [1.82, 2.24) is 0 Å². The molecule has 0 rings (SSSR count). The summed E-state index contributed by atoms with van der Waals surface area (Å²) >= 11 is 0. The Balaban J connectivity index is -0.000000197. The first-order valence-electron chi connectivity index (χ1n) is 6.39. The van der Waals surface area contributed by atoms with Gasteiger partial charge in [-0.05, 0) is 25.3 Å². The van der Waals surface area contributed by atoms with E-state index in [9.17, 15) is 14.4 Å². The lowest BCUT2D eigenvalue weighted by Crippen LogP contribution is -1.64. The predicted molar refractivity (Wildman–Crippen MR) is 76.6 cm³/mol. The minimum Gasteiger partial charge on any atom is -0.303 e. The average Bonchev–Trinajstić information content (AvgIpc) is 2.38. The molecule has 3 nitrogen and oxygen atoms in total. The van der Waals surface area contributed by atoms with Gasteiger partial charge in [-0.25, -0.2) is 0 Å². The zero-order valence-electron chi connectivity index (χ0n) is 11.8. The van der Waals surface area contributed by atoms with Crippen LogP contribution >= 0.6 is 0 Å². The third kappa shape index (κ3) is 47.0. The van der Waals surface area contributed by atoms with Crippen LogP contribution in [0.2, 0.25) is 0 Å². The van der Waals surface area contributed by atoms with Gasteiger partial charge >= 0.3 is 0 Å². The van der Waals surface area contributed by atoms with Crippen LogP contribution in [0.1, 0.15) is 52.9 Å². The Labute approximate surface area is 111 Å². The second-order valence-corrected chi connectivity index (χ2v) is 3.27. The summed E-state index contributed by atoms with van der Waals surface area (Å²) in [7, 11) is 0. The summed E-state index contributed by atoms with van der Waals surface area (Å²) in [6, 6.07) is 0. The number of carbonyl (C=O) groups is 3. The van der Waals surface area contributed by atoms with Crippen molar-refractivity contribution in [2.45, 2.75) is 52.9 Å². The fraction of sp³-hybridized carbons (Fsp3) is 0.533. The number of carbonyl (C=O) groups excluding carboxylic acids is 3. The topological polar surface area (TPSA) is 51.2 Å². The third-order valence-electron chi connectivity index (χ3n) is 1.49. The molecular formula is C15H26O3. The molecule has 0 aromatic carbocycles. The number of hydrogen-bond donors (Lipinski definition) is 0. The van der Waals surface area contributed by atoms with Crippen LogP contribution in [0.4, 0.5) is 0 Å². The lowest BCUT2D eigenvalue weighted by atomic mass is 10.4. The van der Waals surface area contributed by atoms with Crippen LogP contribution in [0.5, 0.6) is 0 Å². The molecule has 0 aliphatic heterocycles. The van der Waals surface area contributed by atoms with Gasteiger partial charge in [-0.2, -0.15) is 0 Å². The summed E-state index contributed by atoms with van der Waals surface area (Å²) in [5, 5.41) is 0. The first-order valence-corrected chi connectivity index (χ1v) is 6.39. The van der Waals surface area contributed by atoms with Gasteiger partial charge in [0.05, 0.1) is 0 Å². The monoisotopic (exact) mass is 254 g/mol. The maximum atomic E-state index is 9.65. The first kappa shape index (κ1) is 21.7. The highest BCUT2D eigenvalue weighted by Gasteiger charge is 1.67. The van der Waals surface area contributed by atoms with Crippen molar-refractivity contribution in [3.8, 4) is 0 Å². The van der Waals surface area contributed by atoms with Crippen molar-refractivity contribution in [1.29, 1.82) is 0 Å². The summed E-state index contributed by atoms with van der Waals surface area (Å²) in [4.78, 5) is 28.5. The molecule has 0 aliphatic carbocycles. The fourth-order valence-corrected chi connectivity index (χ4v) is 0.560. The Morgan fingerprint density at radius 2 is 1.22 bits per heavy atom. The molecule has 0 saturated heterocycles. The zero-order chi connectivity index (χ0) is 14.5. The van der Waals surface area contributed by atoms with Crippen LogP contribution in [0, 0.1) is 0 Å². The maximum Gasteiger partial charge on any atom is 0.142 e. The van der Waals surface area contributed by atoms with Crippen LogP contribution < -0.4 is 0 Å². The van der Waals surface area contributed by atoms with Crippen LogP contribution in [0.15, 0.2) is 24.3 Å². The van der Waals surface area contributed by atoms with Gasteiger partial charge in [0.25, 0.3) is 0 Å². The van der Waals surface area contributed by atoms with Gasteiger partial charge in [0.1, 0.15) is 18.9 Å². The van der Waals surface area contributed by atoms with E-state index in [2.05, 4.69) is 0 Å². The van der Waals surface area contributed by atoms with Crippen LogP contribution in [-0.4, -0.2) is 18.9 Å². The van der Waals surface area contributed by atoms with Gasteiger partial charge in [-0.1, -0.05) is 39.0 Å². The molecule has 0 aromatic rings. The van der Waals surface area contributed by atoms with E-state index in [1.54, 1.807) is 6.08 Å². The maximum absolute atomic E-state index is 9.65. The quantitative estimate of drug-likeness (QED) is 0.395. The number of hydrogen-bond acceptors (Lipinski definition) is 3. The molecule has 0 atom stereocenters. The standard InChI is InChI=1S/C7H10O.2C4H8O/c1-2-3-4-5-6-7-8;2*1-2-3-4-5/h3-7H,2H2,1H3;2*4H,2-3H2,1H3. The highest BCUT2D eigenvalue weighted by Crippen LogP contribution is 1.79. The Hall–Kier alpha value is -1.51. The summed E-state index contributed by atoms with van der Waals surface area (Å²) < 4.78 is 0. The average molecular weight is 254 g/mol. The molecular weight excluding hydrogens is 228 g/mol. The zero-order valence-corrected chi connectivity index (χ0v) is 11.8. The van der Waals surface area contributed by atoms with E-state index in [0.29, 0.717) is 12.8 Å². The van der Waals surface area contributed by atoms with E-state index in [4.69, 9.17) is 0 Å². The Morgan fingerprint density at radius 3 is 1.44 bits per heavy atom. The normalized spacial score (nSPS) is 9.06. The van der Waals surface area contributed by atoms with E-state index in [1.165, 1.54) is 6.08 Å². The molecule has 0 saturated carbocycles. The first-order chi connectivity index (χ1) is 8.74. The molecule has 0 bridgehead atoms. The molecule has 0 aliphatic rings. The molecule has 0 amide bonds. The second kappa shape index (κ2) is 29.6. The Bertz CT molecular complexity index is 208. The summed E-state index contributed by atoms with van der Waals surface area (Å²) in [5.74, 6) is 0. The molecule has 0 aromatic heterocycles. The lowest BCUT2D eigenvalue weighted by Gasteiger charge is -1.70. The van der Waals surface area contributed by atoms with Gasteiger partial charge < -0.3 is 9.59 Å². The van der Waals surface area contributed by atoms with Gasteiger partial charge in [0.2, 0.25) is 0 Å². The summed E-state index contributed by atoms with van der Waals surface area (Å²) in [6.07, 6.45) is 14.0. The van der Waals surface area contributed by atoms with Crippen molar-refractivity contribution in [2.75, 3.05) is 0 Å². The van der Waals surface area contributed by atoms with Crippen molar-refractivity contribution in [3.63, 3.8) is 0 Å². The molecule has 18 heavy (non-hydrogen) atoms. The van der Waals surface area contributed by atoms with Crippen molar-refractivity contribution >= 4 is 18.9 Å². The van der Waals surface area contributed by atoms with Crippen molar-refractivity contribution in [3.05, 3.63) is 24.3 Å². The van der Waals surface area contributed by atoms with Crippen molar-refractivity contribution < 1.29 is 14.4 Å². The minimum atomic E-state index is 0.708. The third-order valence-corrected chi connectivity index (χ3v) is 1.49. The molecule has 3 heteroatoms. The van der Waals surface area contributed by atoms with Crippen LogP contribution in [0.3, 0.4) is 0 Å². The van der Waals surface area contributed by atoms with Gasteiger partial charge in [-0.15, -0.1) is 0 Å². The second-order valence-electron chi connectivity index (χ2n) is 3.27. The molecule has 0 radical (unpaired) electrons. The van der Waals surface area contributed by atoms with Crippen LogP contribution in [0.25, 0.3) is 0 Å². The number of rotatable bonds is 7. The molecule has 0 heterocycles. The number of unbranched alkanes of at least 4 members (excludes halogenated alkanes) is 2. The summed E-state index contributed by atoms with van der Waals surface area (Å²) in [6.45, 7) is 6.01. The van der Waals surface area contributed by atoms with E-state index < -0.39 is 0 Å². The summed E-state index contributed by atoms with van der Waals surface area (Å²) in [5.41, 5.74) is 0. The lowest BCUT2D eigenvalue weighted by molar-refractivity contribution is -0.108. The van der Waals surface area contributed by atoms with Crippen molar-refractivity contribution in [2.24, 2.45) is 0 Å². The van der Waals surface area contributed by atoms with Gasteiger partial charge in [-0.3, -0.25) is 4.79 Å². The Morgan fingerprint density at radius 1 is 0.722 bits per heavy atom. The highest BCUT2D eigenvalue weighted by atomic mass is 16.1. The molecule has 0 unspecified atom stereocenters. The minimum absolute atomic E-state index is 0.708. The van der Waals surface area contributed by atoms with E-state index in [0.717, 1.165) is 38.1 Å². The van der Waals surface area contributed by atoms with E-state index in [-0.39, 0.29) is 0 Å². The molecule has 0 N–H and O–H groups in total. The smallest absolute Gasteiger partial charge is 0.142 e.